The number of imide groups is 1. The van der Waals surface area contributed by atoms with E-state index >= 15 is 0 Å². The Bertz CT molecular complexity index is 967. The van der Waals surface area contributed by atoms with Crippen LogP contribution in [0.25, 0.3) is 0 Å². The van der Waals surface area contributed by atoms with Crippen LogP contribution in [0.4, 0.5) is 4.79 Å². The highest BCUT2D eigenvalue weighted by Crippen LogP contribution is 2.26. The molecule has 0 aromatic heterocycles. The maximum absolute atomic E-state index is 12.8. The van der Waals surface area contributed by atoms with E-state index in [0.29, 0.717) is 0 Å². The van der Waals surface area contributed by atoms with Crippen LogP contribution in [0.15, 0.2) is 60.7 Å². The van der Waals surface area contributed by atoms with Crippen LogP contribution in [0.3, 0.4) is 0 Å². The molecule has 8 heteroatoms. The number of urea groups is 1. The molecule has 0 bridgehead atoms. The van der Waals surface area contributed by atoms with E-state index in [0.717, 1.165) is 16.0 Å². The molecule has 0 saturated carbocycles. The van der Waals surface area contributed by atoms with Gasteiger partial charge in [-0.2, -0.15) is 0 Å². The Balaban J connectivity index is 1.63. The normalized spacial score (nSPS) is 15.1. The summed E-state index contributed by atoms with van der Waals surface area (Å²) in [6, 6.07) is 17.9. The van der Waals surface area contributed by atoms with Crippen LogP contribution in [0, 0.1) is 5.92 Å². The zero-order chi connectivity index (χ0) is 24.7. The van der Waals surface area contributed by atoms with E-state index in [4.69, 9.17) is 9.47 Å². The van der Waals surface area contributed by atoms with Crippen LogP contribution < -0.4 is 0 Å². The zero-order valence-electron chi connectivity index (χ0n) is 19.7. The maximum atomic E-state index is 12.8. The summed E-state index contributed by atoms with van der Waals surface area (Å²) in [5.74, 6) is -2.86. The summed E-state index contributed by atoms with van der Waals surface area (Å²) < 4.78 is 10.8. The minimum Gasteiger partial charge on any atom is -0.460 e. The lowest BCUT2D eigenvalue weighted by Gasteiger charge is -2.22. The van der Waals surface area contributed by atoms with Crippen LogP contribution >= 0.6 is 0 Å². The zero-order valence-corrected chi connectivity index (χ0v) is 19.7. The second kappa shape index (κ2) is 11.0. The lowest BCUT2D eigenvalue weighted by molar-refractivity contribution is -0.164. The van der Waals surface area contributed by atoms with Gasteiger partial charge in [0.05, 0.1) is 0 Å². The molecule has 0 N–H and O–H groups in total. The van der Waals surface area contributed by atoms with Crippen molar-refractivity contribution in [2.75, 3.05) is 13.6 Å². The highest BCUT2D eigenvalue weighted by Gasteiger charge is 2.48. The first kappa shape index (κ1) is 25.0. The number of ether oxygens (including phenoxy) is 2. The quantitative estimate of drug-likeness (QED) is 0.302. The number of nitrogens with zero attached hydrogens (tertiary/aromatic N) is 2. The van der Waals surface area contributed by atoms with Crippen molar-refractivity contribution in [1.82, 2.24) is 9.80 Å². The summed E-state index contributed by atoms with van der Waals surface area (Å²) in [4.78, 5) is 53.2. The maximum Gasteiger partial charge on any atom is 0.327 e. The molecule has 0 spiro atoms. The third kappa shape index (κ3) is 5.81. The van der Waals surface area contributed by atoms with E-state index in [2.05, 4.69) is 0 Å². The van der Waals surface area contributed by atoms with E-state index in [1.165, 1.54) is 4.90 Å². The van der Waals surface area contributed by atoms with E-state index in [-0.39, 0.29) is 38.5 Å². The largest absolute Gasteiger partial charge is 0.460 e. The standard InChI is InChI=1S/C26H30N2O6/c1-26(2)24(31)28(25(32)27(26)3)16-10-15-21(22(29)33-17-19-11-6-4-7-12-19)23(30)34-18-20-13-8-5-9-14-20/h4-9,11-14,21H,10,15-18H2,1-3H3. The average Bonchev–Trinajstić information content (AvgIpc) is 2.99. The van der Waals surface area contributed by atoms with Crippen LogP contribution in [0.2, 0.25) is 0 Å². The Morgan fingerprint density at radius 3 is 1.74 bits per heavy atom. The molecule has 8 nitrogen and oxygen atoms in total. The van der Waals surface area contributed by atoms with Gasteiger partial charge in [-0.25, -0.2) is 4.79 Å². The fraction of sp³-hybridized carbons (Fsp3) is 0.385. The Kier molecular flexibility index (Phi) is 8.04. The molecule has 0 atom stereocenters. The number of hydrogen-bond acceptors (Lipinski definition) is 6. The monoisotopic (exact) mass is 466 g/mol. The summed E-state index contributed by atoms with van der Waals surface area (Å²) >= 11 is 0. The molecule has 2 aromatic rings. The third-order valence-corrected chi connectivity index (χ3v) is 6.02. The highest BCUT2D eigenvalue weighted by molar-refractivity contribution is 6.06. The first-order chi connectivity index (χ1) is 16.2. The summed E-state index contributed by atoms with van der Waals surface area (Å²) in [6.45, 7) is 3.52. The number of likely N-dealkylation sites (N-methyl/N-ethyl adjacent to an activating group) is 1. The molecule has 1 saturated heterocycles. The summed E-state index contributed by atoms with van der Waals surface area (Å²) in [6.07, 6.45) is 0.343. The second-order valence-corrected chi connectivity index (χ2v) is 8.74. The molecule has 3 amide bonds. The van der Waals surface area contributed by atoms with E-state index in [9.17, 15) is 19.2 Å². The van der Waals surface area contributed by atoms with Crippen LogP contribution in [0.5, 0.6) is 0 Å². The third-order valence-electron chi connectivity index (χ3n) is 6.02. The summed E-state index contributed by atoms with van der Waals surface area (Å²) in [7, 11) is 1.57. The molecule has 3 rings (SSSR count). The van der Waals surface area contributed by atoms with Gasteiger partial charge in [0.15, 0.2) is 5.92 Å². The lowest BCUT2D eigenvalue weighted by Crippen LogP contribution is -2.41. The molecule has 1 aliphatic rings. The number of carbonyl (C=O) groups is 4. The Morgan fingerprint density at radius 1 is 0.853 bits per heavy atom. The lowest BCUT2D eigenvalue weighted by atomic mass is 10.0. The number of hydrogen-bond donors (Lipinski definition) is 0. The summed E-state index contributed by atoms with van der Waals surface area (Å²) in [5.41, 5.74) is 0.663. The summed E-state index contributed by atoms with van der Waals surface area (Å²) in [5, 5.41) is 0. The molecule has 180 valence electrons. The molecular weight excluding hydrogens is 436 g/mol. The first-order valence-corrected chi connectivity index (χ1v) is 11.2. The van der Waals surface area contributed by atoms with E-state index in [1.54, 1.807) is 20.9 Å². The number of benzene rings is 2. The SMILES string of the molecule is CN1C(=O)N(CCCC(C(=O)OCc2ccccc2)C(=O)OCc2ccccc2)C(=O)C1(C)C. The van der Waals surface area contributed by atoms with Crippen molar-refractivity contribution in [3.8, 4) is 0 Å². The van der Waals surface area contributed by atoms with Gasteiger partial charge in [-0.05, 0) is 37.8 Å². The van der Waals surface area contributed by atoms with Gasteiger partial charge in [-0.1, -0.05) is 60.7 Å². The molecule has 1 fully saturated rings. The fourth-order valence-corrected chi connectivity index (χ4v) is 3.62. The highest BCUT2D eigenvalue weighted by atomic mass is 16.6. The van der Waals surface area contributed by atoms with Crippen molar-refractivity contribution >= 4 is 23.9 Å². The second-order valence-electron chi connectivity index (χ2n) is 8.74. The smallest absolute Gasteiger partial charge is 0.327 e. The van der Waals surface area contributed by atoms with Crippen molar-refractivity contribution in [2.24, 2.45) is 5.92 Å². The topological polar surface area (TPSA) is 93.2 Å². The van der Waals surface area contributed by atoms with Gasteiger partial charge in [0.2, 0.25) is 0 Å². The molecule has 0 unspecified atom stereocenters. The number of carbonyl (C=O) groups excluding carboxylic acids is 4. The number of rotatable bonds is 10. The van der Waals surface area contributed by atoms with Gasteiger partial charge in [-0.15, -0.1) is 0 Å². The molecule has 0 aliphatic carbocycles. The van der Waals surface area contributed by atoms with Crippen LogP contribution in [0.1, 0.15) is 37.8 Å². The van der Waals surface area contributed by atoms with E-state index < -0.39 is 29.4 Å². The van der Waals surface area contributed by atoms with Crippen molar-refractivity contribution in [1.29, 1.82) is 0 Å². The van der Waals surface area contributed by atoms with Gasteiger partial charge in [-0.3, -0.25) is 19.3 Å². The van der Waals surface area contributed by atoms with Gasteiger partial charge in [0.1, 0.15) is 18.8 Å². The van der Waals surface area contributed by atoms with Crippen molar-refractivity contribution in [3.05, 3.63) is 71.8 Å². The van der Waals surface area contributed by atoms with Gasteiger partial charge >= 0.3 is 18.0 Å². The molecule has 0 radical (unpaired) electrons. The molecule has 1 aliphatic heterocycles. The Morgan fingerprint density at radius 2 is 1.32 bits per heavy atom. The predicted octanol–water partition coefficient (Wildman–Crippen LogP) is 3.54. The molecule has 2 aromatic carbocycles. The van der Waals surface area contributed by atoms with Crippen LogP contribution in [-0.4, -0.2) is 52.8 Å². The van der Waals surface area contributed by atoms with Gasteiger partial charge in [0.25, 0.3) is 5.91 Å². The molecule has 1 heterocycles. The number of esters is 2. The van der Waals surface area contributed by atoms with Gasteiger partial charge < -0.3 is 14.4 Å². The minimum absolute atomic E-state index is 0.0320. The average molecular weight is 467 g/mol. The minimum atomic E-state index is -1.16. The predicted molar refractivity (Wildman–Crippen MR) is 124 cm³/mol. The van der Waals surface area contributed by atoms with Crippen molar-refractivity contribution < 1.29 is 28.7 Å². The van der Waals surface area contributed by atoms with Crippen molar-refractivity contribution in [3.63, 3.8) is 0 Å². The van der Waals surface area contributed by atoms with Gasteiger partial charge in [0, 0.05) is 13.6 Å². The van der Waals surface area contributed by atoms with Crippen LogP contribution in [-0.2, 0) is 37.1 Å². The first-order valence-electron chi connectivity index (χ1n) is 11.2. The Hall–Kier alpha value is -3.68. The molecular formula is C26H30N2O6. The number of amides is 3. The Labute approximate surface area is 199 Å². The van der Waals surface area contributed by atoms with E-state index in [1.807, 2.05) is 60.7 Å². The van der Waals surface area contributed by atoms with Crippen molar-refractivity contribution in [2.45, 2.75) is 45.4 Å². The fourth-order valence-electron chi connectivity index (χ4n) is 3.62. The molecule has 34 heavy (non-hydrogen) atoms.